The summed E-state index contributed by atoms with van der Waals surface area (Å²) in [4.78, 5) is 2.43. The van der Waals surface area contributed by atoms with E-state index >= 15 is 0 Å². The SMILES string of the molecule is CCc1ccc(N(C)C2CCCCNC2)cc1. The molecule has 2 rings (SSSR count). The van der Waals surface area contributed by atoms with Crippen LogP contribution >= 0.6 is 0 Å². The highest BCUT2D eigenvalue weighted by molar-refractivity contribution is 5.48. The molecule has 1 aromatic carbocycles. The lowest BCUT2D eigenvalue weighted by atomic mass is 10.1. The fourth-order valence-corrected chi connectivity index (χ4v) is 2.51. The first-order valence-corrected chi connectivity index (χ1v) is 6.83. The largest absolute Gasteiger partial charge is 0.370 e. The normalized spacial score (nSPS) is 20.9. The topological polar surface area (TPSA) is 15.3 Å². The van der Waals surface area contributed by atoms with E-state index in [0.717, 1.165) is 13.0 Å². The maximum absolute atomic E-state index is 3.53. The first-order chi connectivity index (χ1) is 8.31. The summed E-state index contributed by atoms with van der Waals surface area (Å²) in [6.45, 7) is 4.50. The van der Waals surface area contributed by atoms with Gasteiger partial charge in [-0.15, -0.1) is 0 Å². The van der Waals surface area contributed by atoms with Crippen LogP contribution in [0.15, 0.2) is 24.3 Å². The van der Waals surface area contributed by atoms with Crippen molar-refractivity contribution in [2.24, 2.45) is 0 Å². The number of hydrogen-bond donors (Lipinski definition) is 1. The Morgan fingerprint density at radius 2 is 2.00 bits per heavy atom. The molecule has 94 valence electrons. The van der Waals surface area contributed by atoms with Crippen LogP contribution in [0.5, 0.6) is 0 Å². The molecule has 2 heteroatoms. The average Bonchev–Trinajstić information content (AvgIpc) is 2.67. The van der Waals surface area contributed by atoms with Gasteiger partial charge in [0.25, 0.3) is 0 Å². The molecule has 0 bridgehead atoms. The number of aryl methyl sites for hydroxylation is 1. The van der Waals surface area contributed by atoms with E-state index in [4.69, 9.17) is 0 Å². The van der Waals surface area contributed by atoms with Crippen LogP contribution in [0.25, 0.3) is 0 Å². The number of nitrogens with one attached hydrogen (secondary N) is 1. The van der Waals surface area contributed by atoms with Crippen LogP contribution in [0.4, 0.5) is 5.69 Å². The molecule has 1 unspecified atom stereocenters. The van der Waals surface area contributed by atoms with Crippen molar-refractivity contribution < 1.29 is 0 Å². The third kappa shape index (κ3) is 3.22. The Hall–Kier alpha value is -1.02. The Morgan fingerprint density at radius 3 is 2.71 bits per heavy atom. The zero-order valence-corrected chi connectivity index (χ0v) is 11.1. The van der Waals surface area contributed by atoms with Crippen molar-refractivity contribution in [3.63, 3.8) is 0 Å². The lowest BCUT2D eigenvalue weighted by molar-refractivity contribution is 0.570. The van der Waals surface area contributed by atoms with E-state index in [1.54, 1.807) is 0 Å². The minimum Gasteiger partial charge on any atom is -0.370 e. The molecule has 0 amide bonds. The van der Waals surface area contributed by atoms with Crippen molar-refractivity contribution in [1.29, 1.82) is 0 Å². The van der Waals surface area contributed by atoms with E-state index < -0.39 is 0 Å². The third-order valence-electron chi connectivity index (χ3n) is 3.82. The van der Waals surface area contributed by atoms with Crippen molar-refractivity contribution in [3.8, 4) is 0 Å². The Labute approximate surface area is 105 Å². The number of rotatable bonds is 3. The molecule has 1 aromatic rings. The highest BCUT2D eigenvalue weighted by atomic mass is 15.2. The third-order valence-corrected chi connectivity index (χ3v) is 3.82. The molecule has 1 atom stereocenters. The van der Waals surface area contributed by atoms with Gasteiger partial charge in [0.15, 0.2) is 0 Å². The van der Waals surface area contributed by atoms with Crippen LogP contribution in [0.3, 0.4) is 0 Å². The first-order valence-electron chi connectivity index (χ1n) is 6.83. The van der Waals surface area contributed by atoms with Crippen LogP contribution in [0.2, 0.25) is 0 Å². The van der Waals surface area contributed by atoms with Crippen molar-refractivity contribution in [2.45, 2.75) is 38.6 Å². The van der Waals surface area contributed by atoms with Crippen LogP contribution in [-0.2, 0) is 6.42 Å². The van der Waals surface area contributed by atoms with Gasteiger partial charge in [-0.2, -0.15) is 0 Å². The predicted octanol–water partition coefficient (Wildman–Crippen LogP) is 2.83. The van der Waals surface area contributed by atoms with Gasteiger partial charge in [0.05, 0.1) is 0 Å². The summed E-state index contributed by atoms with van der Waals surface area (Å²) in [7, 11) is 2.22. The second kappa shape index (κ2) is 6.06. The summed E-state index contributed by atoms with van der Waals surface area (Å²) in [6.07, 6.45) is 5.09. The quantitative estimate of drug-likeness (QED) is 0.862. The predicted molar refractivity (Wildman–Crippen MR) is 74.7 cm³/mol. The van der Waals surface area contributed by atoms with Gasteiger partial charge in [-0.05, 0) is 43.5 Å². The molecule has 1 heterocycles. The van der Waals surface area contributed by atoms with Crippen LogP contribution < -0.4 is 10.2 Å². The monoisotopic (exact) mass is 232 g/mol. The Kier molecular flexibility index (Phi) is 4.43. The highest BCUT2D eigenvalue weighted by Crippen LogP contribution is 2.19. The number of nitrogens with zero attached hydrogens (tertiary/aromatic N) is 1. The van der Waals surface area contributed by atoms with E-state index in [1.165, 1.54) is 37.1 Å². The van der Waals surface area contributed by atoms with Gasteiger partial charge in [0, 0.05) is 25.3 Å². The van der Waals surface area contributed by atoms with Gasteiger partial charge >= 0.3 is 0 Å². The molecule has 1 aliphatic heterocycles. The standard InChI is InChI=1S/C15H24N2/c1-3-13-7-9-14(10-8-13)17(2)15-6-4-5-11-16-12-15/h7-10,15-16H,3-6,11-12H2,1-2H3. The molecular formula is C15H24N2. The van der Waals surface area contributed by atoms with Gasteiger partial charge in [-0.1, -0.05) is 25.5 Å². The van der Waals surface area contributed by atoms with E-state index in [0.29, 0.717) is 6.04 Å². The zero-order chi connectivity index (χ0) is 12.1. The maximum Gasteiger partial charge on any atom is 0.0411 e. The zero-order valence-electron chi connectivity index (χ0n) is 11.1. The summed E-state index contributed by atoms with van der Waals surface area (Å²) in [6, 6.07) is 9.64. The van der Waals surface area contributed by atoms with Crippen LogP contribution in [0.1, 0.15) is 31.7 Å². The van der Waals surface area contributed by atoms with Crippen LogP contribution in [0, 0.1) is 0 Å². The molecule has 0 saturated carbocycles. The van der Waals surface area contributed by atoms with Gasteiger partial charge in [-0.3, -0.25) is 0 Å². The van der Waals surface area contributed by atoms with Crippen molar-refractivity contribution in [2.75, 3.05) is 25.0 Å². The molecule has 0 aliphatic carbocycles. The van der Waals surface area contributed by atoms with E-state index in [2.05, 4.69) is 48.5 Å². The lowest BCUT2D eigenvalue weighted by Crippen LogP contribution is -2.38. The van der Waals surface area contributed by atoms with Gasteiger partial charge < -0.3 is 10.2 Å². The Bertz CT molecular complexity index is 323. The minimum atomic E-state index is 0.643. The molecule has 0 spiro atoms. The van der Waals surface area contributed by atoms with Gasteiger partial charge in [-0.25, -0.2) is 0 Å². The Balaban J connectivity index is 2.03. The minimum absolute atomic E-state index is 0.643. The Morgan fingerprint density at radius 1 is 1.24 bits per heavy atom. The smallest absolute Gasteiger partial charge is 0.0411 e. The second-order valence-electron chi connectivity index (χ2n) is 4.98. The number of likely N-dealkylation sites (N-methyl/N-ethyl adjacent to an activating group) is 1. The number of benzene rings is 1. The lowest BCUT2D eigenvalue weighted by Gasteiger charge is -2.29. The summed E-state index contributed by atoms with van der Waals surface area (Å²) < 4.78 is 0. The van der Waals surface area contributed by atoms with E-state index in [9.17, 15) is 0 Å². The number of hydrogen-bond acceptors (Lipinski definition) is 2. The molecule has 0 radical (unpaired) electrons. The van der Waals surface area contributed by atoms with Crippen molar-refractivity contribution in [3.05, 3.63) is 29.8 Å². The molecule has 1 fully saturated rings. The average molecular weight is 232 g/mol. The molecular weight excluding hydrogens is 208 g/mol. The molecule has 2 nitrogen and oxygen atoms in total. The molecule has 1 N–H and O–H groups in total. The molecule has 0 aromatic heterocycles. The van der Waals surface area contributed by atoms with Crippen molar-refractivity contribution in [1.82, 2.24) is 5.32 Å². The maximum atomic E-state index is 3.53. The first kappa shape index (κ1) is 12.4. The van der Waals surface area contributed by atoms with Gasteiger partial charge in [0.2, 0.25) is 0 Å². The number of anilines is 1. The molecule has 1 aliphatic rings. The summed E-state index contributed by atoms with van der Waals surface area (Å²) >= 11 is 0. The van der Waals surface area contributed by atoms with Gasteiger partial charge in [0.1, 0.15) is 0 Å². The summed E-state index contributed by atoms with van der Waals surface area (Å²) in [5, 5.41) is 3.53. The fourth-order valence-electron chi connectivity index (χ4n) is 2.51. The molecule has 1 saturated heterocycles. The molecule has 17 heavy (non-hydrogen) atoms. The van der Waals surface area contributed by atoms with E-state index in [1.807, 2.05) is 0 Å². The highest BCUT2D eigenvalue weighted by Gasteiger charge is 2.16. The van der Waals surface area contributed by atoms with E-state index in [-0.39, 0.29) is 0 Å². The summed E-state index contributed by atoms with van der Waals surface area (Å²) in [5.41, 5.74) is 2.76. The second-order valence-corrected chi connectivity index (χ2v) is 4.98. The van der Waals surface area contributed by atoms with Crippen LogP contribution in [-0.4, -0.2) is 26.2 Å². The van der Waals surface area contributed by atoms with Crippen molar-refractivity contribution >= 4 is 5.69 Å². The fraction of sp³-hybridized carbons (Fsp3) is 0.600. The summed E-state index contributed by atoms with van der Waals surface area (Å²) in [5.74, 6) is 0.